The van der Waals surface area contributed by atoms with E-state index in [1.54, 1.807) is 0 Å². The van der Waals surface area contributed by atoms with Crippen molar-refractivity contribution in [3.05, 3.63) is 29.8 Å². The van der Waals surface area contributed by atoms with Gasteiger partial charge in [-0.05, 0) is 61.1 Å². The molecule has 2 atom stereocenters. The van der Waals surface area contributed by atoms with Crippen LogP contribution in [0, 0.1) is 17.8 Å². The van der Waals surface area contributed by atoms with Crippen molar-refractivity contribution in [2.45, 2.75) is 84.1 Å². The summed E-state index contributed by atoms with van der Waals surface area (Å²) in [6.07, 6.45) is 10.4. The van der Waals surface area contributed by atoms with E-state index < -0.39 is 5.54 Å². The molecule has 1 unspecified atom stereocenters. The van der Waals surface area contributed by atoms with Crippen LogP contribution in [0.4, 0.5) is 0 Å². The molecule has 3 nitrogen and oxygen atoms in total. The van der Waals surface area contributed by atoms with E-state index >= 15 is 0 Å². The first-order chi connectivity index (χ1) is 12.9. The lowest BCUT2D eigenvalue weighted by Crippen LogP contribution is -2.46. The fraction of sp³-hybridized carbons (Fsp3) is 0.750. The molecular formula is C24H41NO2. The quantitative estimate of drug-likeness (QED) is 0.489. The Hall–Kier alpha value is -1.06. The van der Waals surface area contributed by atoms with Gasteiger partial charge in [-0.2, -0.15) is 0 Å². The van der Waals surface area contributed by atoms with Crippen molar-refractivity contribution >= 4 is 0 Å². The summed E-state index contributed by atoms with van der Waals surface area (Å²) in [7, 11) is 0. The van der Waals surface area contributed by atoms with Crippen molar-refractivity contribution in [2.24, 2.45) is 23.5 Å². The van der Waals surface area contributed by atoms with E-state index in [0.717, 1.165) is 43.5 Å². The molecule has 0 aliphatic heterocycles. The molecule has 0 aromatic heterocycles. The second kappa shape index (κ2) is 11.1. The molecule has 0 radical (unpaired) electrons. The third-order valence-corrected chi connectivity index (χ3v) is 6.08. The van der Waals surface area contributed by atoms with Gasteiger partial charge in [0.25, 0.3) is 0 Å². The molecule has 0 bridgehead atoms. The Morgan fingerprint density at radius 3 is 2.41 bits per heavy atom. The summed E-state index contributed by atoms with van der Waals surface area (Å²) in [6.45, 7) is 7.71. The van der Waals surface area contributed by atoms with Gasteiger partial charge >= 0.3 is 0 Å². The van der Waals surface area contributed by atoms with Crippen LogP contribution >= 0.6 is 0 Å². The molecule has 1 fully saturated rings. The van der Waals surface area contributed by atoms with Crippen molar-refractivity contribution in [1.82, 2.24) is 0 Å². The predicted molar refractivity (Wildman–Crippen MR) is 114 cm³/mol. The lowest BCUT2D eigenvalue weighted by atomic mass is 9.75. The highest BCUT2D eigenvalue weighted by atomic mass is 16.5. The molecule has 1 aromatic carbocycles. The molecule has 154 valence electrons. The van der Waals surface area contributed by atoms with Crippen molar-refractivity contribution in [3.8, 4) is 5.75 Å². The molecule has 0 saturated heterocycles. The normalized spacial score (nSPS) is 18.1. The Bertz CT molecular complexity index is 524. The first kappa shape index (κ1) is 22.2. The minimum absolute atomic E-state index is 0.0827. The second-order valence-corrected chi connectivity index (χ2v) is 9.41. The molecule has 27 heavy (non-hydrogen) atoms. The zero-order chi connectivity index (χ0) is 19.7. The number of nitrogens with two attached hydrogens (primary N) is 1. The van der Waals surface area contributed by atoms with Gasteiger partial charge in [-0.25, -0.2) is 0 Å². The number of rotatable bonds is 13. The predicted octanol–water partition coefficient (Wildman–Crippen LogP) is 5.34. The number of hydrogen-bond donors (Lipinski definition) is 2. The molecule has 1 aliphatic carbocycles. The van der Waals surface area contributed by atoms with E-state index in [0.29, 0.717) is 5.92 Å². The summed E-state index contributed by atoms with van der Waals surface area (Å²) < 4.78 is 5.96. The molecule has 0 heterocycles. The van der Waals surface area contributed by atoms with Gasteiger partial charge in [0.15, 0.2) is 0 Å². The number of aliphatic hydroxyl groups excluding tert-OH is 1. The van der Waals surface area contributed by atoms with Gasteiger partial charge < -0.3 is 15.6 Å². The van der Waals surface area contributed by atoms with E-state index in [1.807, 2.05) is 0 Å². The second-order valence-electron chi connectivity index (χ2n) is 9.41. The fourth-order valence-electron chi connectivity index (χ4n) is 3.86. The van der Waals surface area contributed by atoms with Crippen LogP contribution in [0.5, 0.6) is 5.75 Å². The van der Waals surface area contributed by atoms with E-state index in [1.165, 1.54) is 44.1 Å². The highest BCUT2D eigenvalue weighted by Gasteiger charge is 2.30. The van der Waals surface area contributed by atoms with E-state index in [2.05, 4.69) is 45.0 Å². The SMILES string of the molecule is CC(C)CCCC(C)COc1ccc(CC[C@@](N)(CO)CC2CCC2)cc1. The Kier molecular flexibility index (Phi) is 9.11. The summed E-state index contributed by atoms with van der Waals surface area (Å²) >= 11 is 0. The highest BCUT2D eigenvalue weighted by molar-refractivity contribution is 5.27. The molecule has 1 saturated carbocycles. The largest absolute Gasteiger partial charge is 0.493 e. The van der Waals surface area contributed by atoms with Gasteiger partial charge in [0.05, 0.1) is 13.2 Å². The van der Waals surface area contributed by atoms with Gasteiger partial charge in [-0.15, -0.1) is 0 Å². The Morgan fingerprint density at radius 1 is 1.15 bits per heavy atom. The summed E-state index contributed by atoms with van der Waals surface area (Å²) in [5, 5.41) is 9.74. The standard InChI is InChI=1S/C24H41NO2/c1-19(2)6-4-7-20(3)17-27-23-12-10-21(11-13-23)14-15-24(25,18-26)16-22-8-5-9-22/h10-13,19-20,22,26H,4-9,14-18,25H2,1-3H3/t20?,24-/m0/s1. The van der Waals surface area contributed by atoms with Crippen LogP contribution in [0.15, 0.2) is 24.3 Å². The number of hydrogen-bond acceptors (Lipinski definition) is 3. The lowest BCUT2D eigenvalue weighted by molar-refractivity contribution is 0.135. The molecule has 1 aliphatic rings. The van der Waals surface area contributed by atoms with Crippen LogP contribution in [0.1, 0.15) is 77.7 Å². The van der Waals surface area contributed by atoms with Crippen molar-refractivity contribution < 1.29 is 9.84 Å². The third kappa shape index (κ3) is 8.23. The van der Waals surface area contributed by atoms with Crippen LogP contribution in [0.25, 0.3) is 0 Å². The summed E-state index contributed by atoms with van der Waals surface area (Å²) in [5.74, 6) is 3.06. The lowest BCUT2D eigenvalue weighted by Gasteiger charge is -2.35. The van der Waals surface area contributed by atoms with E-state index in [-0.39, 0.29) is 6.61 Å². The van der Waals surface area contributed by atoms with Crippen molar-refractivity contribution in [2.75, 3.05) is 13.2 Å². The monoisotopic (exact) mass is 375 g/mol. The zero-order valence-corrected chi connectivity index (χ0v) is 17.8. The van der Waals surface area contributed by atoms with Crippen LogP contribution in [-0.2, 0) is 6.42 Å². The molecule has 2 rings (SSSR count). The topological polar surface area (TPSA) is 55.5 Å². The van der Waals surface area contributed by atoms with Crippen molar-refractivity contribution in [3.63, 3.8) is 0 Å². The highest BCUT2D eigenvalue weighted by Crippen LogP contribution is 2.34. The Balaban J connectivity index is 1.70. The number of aliphatic hydroxyl groups is 1. The minimum Gasteiger partial charge on any atom is -0.493 e. The van der Waals surface area contributed by atoms with Gasteiger partial charge in [-0.3, -0.25) is 0 Å². The van der Waals surface area contributed by atoms with Crippen LogP contribution in [-0.4, -0.2) is 23.9 Å². The molecule has 0 amide bonds. The number of aryl methyl sites for hydroxylation is 1. The van der Waals surface area contributed by atoms with Crippen LogP contribution < -0.4 is 10.5 Å². The van der Waals surface area contributed by atoms with Crippen LogP contribution in [0.2, 0.25) is 0 Å². The summed E-state index contributed by atoms with van der Waals surface area (Å²) in [4.78, 5) is 0. The summed E-state index contributed by atoms with van der Waals surface area (Å²) in [5.41, 5.74) is 7.29. The van der Waals surface area contributed by atoms with Gasteiger partial charge in [0.1, 0.15) is 5.75 Å². The first-order valence-corrected chi connectivity index (χ1v) is 11.0. The molecule has 3 heteroatoms. The van der Waals surface area contributed by atoms with E-state index in [9.17, 15) is 5.11 Å². The summed E-state index contributed by atoms with van der Waals surface area (Å²) in [6, 6.07) is 8.41. The smallest absolute Gasteiger partial charge is 0.119 e. The maximum absolute atomic E-state index is 9.74. The van der Waals surface area contributed by atoms with E-state index in [4.69, 9.17) is 10.5 Å². The minimum atomic E-state index is -0.425. The molecule has 3 N–H and O–H groups in total. The van der Waals surface area contributed by atoms with Gasteiger partial charge in [0.2, 0.25) is 0 Å². The average molecular weight is 376 g/mol. The van der Waals surface area contributed by atoms with Crippen molar-refractivity contribution in [1.29, 1.82) is 0 Å². The third-order valence-electron chi connectivity index (χ3n) is 6.08. The molecule has 0 spiro atoms. The van der Waals surface area contributed by atoms with Gasteiger partial charge in [0, 0.05) is 5.54 Å². The molecule has 1 aromatic rings. The number of benzene rings is 1. The Labute approximate surface area is 166 Å². The maximum atomic E-state index is 9.74. The fourth-order valence-corrected chi connectivity index (χ4v) is 3.86. The maximum Gasteiger partial charge on any atom is 0.119 e. The zero-order valence-electron chi connectivity index (χ0n) is 17.8. The number of ether oxygens (including phenoxy) is 1. The molecular weight excluding hydrogens is 334 g/mol. The first-order valence-electron chi connectivity index (χ1n) is 11.0. The average Bonchev–Trinajstić information content (AvgIpc) is 2.62. The van der Waals surface area contributed by atoms with Gasteiger partial charge in [-0.1, -0.05) is 65.0 Å². The Morgan fingerprint density at radius 2 is 1.85 bits per heavy atom. The van der Waals surface area contributed by atoms with Crippen LogP contribution in [0.3, 0.4) is 0 Å².